The van der Waals surface area contributed by atoms with E-state index in [-0.39, 0.29) is 18.2 Å². The molecule has 0 aliphatic carbocycles. The Balaban J connectivity index is 2.38. The summed E-state index contributed by atoms with van der Waals surface area (Å²) in [4.78, 5) is 21.9. The van der Waals surface area contributed by atoms with Crippen LogP contribution in [0.2, 0.25) is 0 Å². The zero-order chi connectivity index (χ0) is 20.9. The fourth-order valence-electron chi connectivity index (χ4n) is 2.25. The van der Waals surface area contributed by atoms with E-state index in [1.807, 2.05) is 37.6 Å². The minimum absolute atomic E-state index is 0.110. The van der Waals surface area contributed by atoms with Crippen molar-refractivity contribution < 1.29 is 18.1 Å². The SMILES string of the molecule is Cc1ccc(Nc2ccc([N+](=O)[O-])cc2S(=O)(=O)NC(=O)NCC(C)C)cc1. The number of hydrogen-bond acceptors (Lipinski definition) is 6. The highest BCUT2D eigenvalue weighted by Crippen LogP contribution is 2.29. The number of carbonyl (C=O) groups excluding carboxylic acids is 1. The molecule has 0 unspecified atom stereocenters. The molecule has 150 valence electrons. The number of non-ortho nitro benzene ring substituents is 1. The molecule has 0 saturated carbocycles. The molecular formula is C18H22N4O5S. The molecule has 0 bridgehead atoms. The van der Waals surface area contributed by atoms with Crippen molar-refractivity contribution in [2.75, 3.05) is 11.9 Å². The maximum absolute atomic E-state index is 12.7. The van der Waals surface area contributed by atoms with Gasteiger partial charge in [-0.15, -0.1) is 0 Å². The molecule has 0 aromatic heterocycles. The first-order chi connectivity index (χ1) is 13.1. The number of hydrogen-bond donors (Lipinski definition) is 3. The Morgan fingerprint density at radius 2 is 1.79 bits per heavy atom. The van der Waals surface area contributed by atoms with Crippen molar-refractivity contribution >= 4 is 33.1 Å². The number of nitrogens with zero attached hydrogens (tertiary/aromatic N) is 1. The van der Waals surface area contributed by atoms with Gasteiger partial charge >= 0.3 is 6.03 Å². The van der Waals surface area contributed by atoms with Gasteiger partial charge in [0.15, 0.2) is 0 Å². The Morgan fingerprint density at radius 1 is 1.14 bits per heavy atom. The van der Waals surface area contributed by atoms with Crippen LogP contribution in [0.1, 0.15) is 19.4 Å². The van der Waals surface area contributed by atoms with Gasteiger partial charge in [-0.25, -0.2) is 17.9 Å². The normalized spacial score (nSPS) is 11.1. The second kappa shape index (κ2) is 8.70. The second-order valence-corrected chi connectivity index (χ2v) is 8.29. The summed E-state index contributed by atoms with van der Waals surface area (Å²) in [5.74, 6) is 0.130. The lowest BCUT2D eigenvalue weighted by molar-refractivity contribution is -0.385. The summed E-state index contributed by atoms with van der Waals surface area (Å²) < 4.78 is 27.3. The number of nitro groups is 1. The number of nitro benzene ring substituents is 1. The van der Waals surface area contributed by atoms with Crippen molar-refractivity contribution in [1.82, 2.24) is 10.0 Å². The topological polar surface area (TPSA) is 130 Å². The quantitative estimate of drug-likeness (QED) is 0.478. The van der Waals surface area contributed by atoms with Crippen LogP contribution in [0.3, 0.4) is 0 Å². The van der Waals surface area contributed by atoms with Crippen molar-refractivity contribution in [2.45, 2.75) is 25.7 Å². The van der Waals surface area contributed by atoms with E-state index < -0.39 is 31.6 Å². The Morgan fingerprint density at radius 3 is 2.36 bits per heavy atom. The molecule has 0 radical (unpaired) electrons. The summed E-state index contributed by atoms with van der Waals surface area (Å²) >= 11 is 0. The van der Waals surface area contributed by atoms with E-state index in [4.69, 9.17) is 0 Å². The van der Waals surface area contributed by atoms with E-state index in [0.29, 0.717) is 5.69 Å². The third-order valence-electron chi connectivity index (χ3n) is 3.69. The Kier molecular flexibility index (Phi) is 6.57. The lowest BCUT2D eigenvalue weighted by atomic mass is 10.2. The summed E-state index contributed by atoms with van der Waals surface area (Å²) in [6.07, 6.45) is 0. The van der Waals surface area contributed by atoms with E-state index in [1.165, 1.54) is 12.1 Å². The van der Waals surface area contributed by atoms with Crippen LogP contribution in [0.4, 0.5) is 21.9 Å². The number of carbonyl (C=O) groups is 1. The van der Waals surface area contributed by atoms with Gasteiger partial charge < -0.3 is 10.6 Å². The Labute approximate surface area is 163 Å². The maximum Gasteiger partial charge on any atom is 0.328 e. The number of urea groups is 1. The van der Waals surface area contributed by atoms with Gasteiger partial charge in [0.25, 0.3) is 15.7 Å². The third-order valence-corrected chi connectivity index (χ3v) is 5.06. The first kappa shape index (κ1) is 21.2. The zero-order valence-electron chi connectivity index (χ0n) is 15.7. The van der Waals surface area contributed by atoms with Crippen LogP contribution < -0.4 is 15.4 Å². The number of nitrogens with one attached hydrogen (secondary N) is 3. The molecule has 0 heterocycles. The first-order valence-corrected chi connectivity index (χ1v) is 9.99. The predicted molar refractivity (Wildman–Crippen MR) is 106 cm³/mol. The van der Waals surface area contributed by atoms with Gasteiger partial charge in [0, 0.05) is 24.4 Å². The minimum Gasteiger partial charge on any atom is -0.354 e. The highest BCUT2D eigenvalue weighted by molar-refractivity contribution is 7.90. The number of amides is 2. The average molecular weight is 406 g/mol. The number of aryl methyl sites for hydroxylation is 1. The predicted octanol–water partition coefficient (Wildman–Crippen LogP) is 3.29. The maximum atomic E-state index is 12.7. The van der Waals surface area contributed by atoms with Crippen LogP contribution in [0.15, 0.2) is 47.4 Å². The smallest absolute Gasteiger partial charge is 0.328 e. The van der Waals surface area contributed by atoms with Crippen LogP contribution >= 0.6 is 0 Å². The van der Waals surface area contributed by atoms with Crippen LogP contribution in [0, 0.1) is 23.0 Å². The monoisotopic (exact) mass is 406 g/mol. The number of rotatable bonds is 7. The fraction of sp³-hybridized carbons (Fsp3) is 0.278. The van der Waals surface area contributed by atoms with Gasteiger partial charge in [0.2, 0.25) is 0 Å². The summed E-state index contributed by atoms with van der Waals surface area (Å²) in [5.41, 5.74) is 1.32. The van der Waals surface area contributed by atoms with E-state index in [2.05, 4.69) is 10.6 Å². The molecule has 0 spiro atoms. The summed E-state index contributed by atoms with van der Waals surface area (Å²) in [6, 6.07) is 9.65. The molecule has 0 aliphatic heterocycles. The van der Waals surface area contributed by atoms with Crippen molar-refractivity contribution in [2.24, 2.45) is 5.92 Å². The third kappa shape index (κ3) is 5.68. The van der Waals surface area contributed by atoms with Gasteiger partial charge in [-0.2, -0.15) is 0 Å². The molecule has 10 heteroatoms. The molecule has 9 nitrogen and oxygen atoms in total. The minimum atomic E-state index is -4.35. The summed E-state index contributed by atoms with van der Waals surface area (Å²) in [7, 11) is -4.35. The van der Waals surface area contributed by atoms with Gasteiger partial charge in [-0.1, -0.05) is 31.5 Å². The lowest BCUT2D eigenvalue weighted by Crippen LogP contribution is -2.40. The van der Waals surface area contributed by atoms with Crippen LogP contribution in [-0.4, -0.2) is 25.9 Å². The van der Waals surface area contributed by atoms with Crippen LogP contribution in [-0.2, 0) is 10.0 Å². The van der Waals surface area contributed by atoms with Crippen molar-refractivity contribution in [3.05, 3.63) is 58.1 Å². The van der Waals surface area contributed by atoms with Gasteiger partial charge in [-0.3, -0.25) is 10.1 Å². The van der Waals surface area contributed by atoms with Gasteiger partial charge in [0.1, 0.15) is 4.90 Å². The highest BCUT2D eigenvalue weighted by atomic mass is 32.2. The summed E-state index contributed by atoms with van der Waals surface area (Å²) in [6.45, 7) is 5.91. The fourth-order valence-corrected chi connectivity index (χ4v) is 3.36. The van der Waals surface area contributed by atoms with Crippen molar-refractivity contribution in [3.8, 4) is 0 Å². The number of anilines is 2. The zero-order valence-corrected chi connectivity index (χ0v) is 16.5. The van der Waals surface area contributed by atoms with E-state index in [1.54, 1.807) is 12.1 Å². The van der Waals surface area contributed by atoms with E-state index >= 15 is 0 Å². The molecule has 2 aromatic rings. The molecule has 0 saturated heterocycles. The molecule has 28 heavy (non-hydrogen) atoms. The summed E-state index contributed by atoms with van der Waals surface area (Å²) in [5, 5.41) is 16.4. The lowest BCUT2D eigenvalue weighted by Gasteiger charge is -2.14. The largest absolute Gasteiger partial charge is 0.354 e. The second-order valence-electron chi connectivity index (χ2n) is 6.64. The van der Waals surface area contributed by atoms with Crippen molar-refractivity contribution in [1.29, 1.82) is 0 Å². The first-order valence-electron chi connectivity index (χ1n) is 8.51. The molecule has 3 N–H and O–H groups in total. The molecule has 2 amide bonds. The standard InChI is InChI=1S/C18H22N4O5S/c1-12(2)11-19-18(23)21-28(26,27)17-10-15(22(24)25)8-9-16(17)20-14-6-4-13(3)5-7-14/h4-10,12,20H,11H2,1-3H3,(H2,19,21,23). The molecular weight excluding hydrogens is 384 g/mol. The van der Waals surface area contributed by atoms with Crippen molar-refractivity contribution in [3.63, 3.8) is 0 Å². The van der Waals surface area contributed by atoms with E-state index in [9.17, 15) is 23.3 Å². The Hall–Kier alpha value is -3.14. The molecule has 0 aliphatic rings. The van der Waals surface area contributed by atoms with Gasteiger partial charge in [0.05, 0.1) is 10.6 Å². The van der Waals surface area contributed by atoms with E-state index in [0.717, 1.165) is 11.6 Å². The Bertz CT molecular complexity index is 972. The molecule has 0 fully saturated rings. The number of sulfonamides is 1. The highest BCUT2D eigenvalue weighted by Gasteiger charge is 2.24. The van der Waals surface area contributed by atoms with Crippen LogP contribution in [0.25, 0.3) is 0 Å². The average Bonchev–Trinajstić information content (AvgIpc) is 2.61. The van der Waals surface area contributed by atoms with Crippen LogP contribution in [0.5, 0.6) is 0 Å². The van der Waals surface area contributed by atoms with Gasteiger partial charge in [-0.05, 0) is 31.0 Å². The molecule has 2 aromatic carbocycles. The number of benzene rings is 2. The molecule has 0 atom stereocenters. The molecule has 2 rings (SSSR count).